The van der Waals surface area contributed by atoms with Gasteiger partial charge in [0.05, 0.1) is 0 Å². The molecule has 0 heterocycles. The lowest BCUT2D eigenvalue weighted by atomic mass is 10.1. The molecule has 1 amide bonds. The van der Waals surface area contributed by atoms with Gasteiger partial charge in [0.15, 0.2) is 0 Å². The maximum Gasteiger partial charge on any atom is 0.255 e. The summed E-state index contributed by atoms with van der Waals surface area (Å²) in [5, 5.41) is 8.23. The van der Waals surface area contributed by atoms with Crippen LogP contribution < -0.4 is 10.6 Å². The van der Waals surface area contributed by atoms with E-state index in [-0.39, 0.29) is 5.91 Å². The van der Waals surface area contributed by atoms with Crippen LogP contribution in [0.3, 0.4) is 0 Å². The van der Waals surface area contributed by atoms with E-state index >= 15 is 0 Å². The standard InChI is InChI=1S/C18H16N2O/c1-19-16-9-7-14(8-10-16)18(21)20-17-11-6-13-4-2-3-5-15(13)12-17/h2-12,19H,1H3,(H,20,21). The molecule has 3 rings (SSSR count). The minimum atomic E-state index is -0.104. The van der Waals surface area contributed by atoms with Gasteiger partial charge in [-0.3, -0.25) is 4.79 Å². The van der Waals surface area contributed by atoms with Crippen LogP contribution in [-0.4, -0.2) is 13.0 Å². The molecule has 0 aliphatic heterocycles. The smallest absolute Gasteiger partial charge is 0.255 e. The van der Waals surface area contributed by atoms with Crippen molar-refractivity contribution in [3.05, 3.63) is 72.3 Å². The summed E-state index contributed by atoms with van der Waals surface area (Å²) in [5.41, 5.74) is 2.43. The van der Waals surface area contributed by atoms with Crippen LogP contribution in [0, 0.1) is 0 Å². The Bertz CT molecular complexity index is 779. The zero-order valence-electron chi connectivity index (χ0n) is 11.8. The van der Waals surface area contributed by atoms with E-state index in [0.29, 0.717) is 5.56 Å². The van der Waals surface area contributed by atoms with Crippen molar-refractivity contribution in [2.24, 2.45) is 0 Å². The predicted octanol–water partition coefficient (Wildman–Crippen LogP) is 4.13. The Morgan fingerprint density at radius 1 is 0.810 bits per heavy atom. The highest BCUT2D eigenvalue weighted by Crippen LogP contribution is 2.19. The molecule has 21 heavy (non-hydrogen) atoms. The molecule has 0 unspecified atom stereocenters. The molecule has 0 fully saturated rings. The van der Waals surface area contributed by atoms with Crippen LogP contribution in [0.25, 0.3) is 10.8 Å². The molecular weight excluding hydrogens is 260 g/mol. The van der Waals surface area contributed by atoms with Gasteiger partial charge >= 0.3 is 0 Å². The number of nitrogens with one attached hydrogen (secondary N) is 2. The van der Waals surface area contributed by atoms with Crippen molar-refractivity contribution in [3.8, 4) is 0 Å². The van der Waals surface area contributed by atoms with Crippen molar-refractivity contribution < 1.29 is 4.79 Å². The minimum absolute atomic E-state index is 0.104. The lowest BCUT2D eigenvalue weighted by molar-refractivity contribution is 0.102. The van der Waals surface area contributed by atoms with Crippen molar-refractivity contribution in [2.75, 3.05) is 17.7 Å². The molecule has 0 radical (unpaired) electrons. The van der Waals surface area contributed by atoms with Gasteiger partial charge in [0, 0.05) is 24.0 Å². The second-order valence-electron chi connectivity index (χ2n) is 4.84. The van der Waals surface area contributed by atoms with Gasteiger partial charge in [-0.1, -0.05) is 30.3 Å². The van der Waals surface area contributed by atoms with E-state index in [9.17, 15) is 4.79 Å². The first-order chi connectivity index (χ1) is 10.3. The second kappa shape index (κ2) is 5.67. The van der Waals surface area contributed by atoms with Crippen LogP contribution in [0.15, 0.2) is 66.7 Å². The van der Waals surface area contributed by atoms with E-state index in [4.69, 9.17) is 0 Å². The Labute approximate surface area is 123 Å². The van der Waals surface area contributed by atoms with Crippen molar-refractivity contribution in [3.63, 3.8) is 0 Å². The highest BCUT2D eigenvalue weighted by molar-refractivity contribution is 6.05. The fourth-order valence-corrected chi connectivity index (χ4v) is 2.26. The van der Waals surface area contributed by atoms with Gasteiger partial charge in [0.1, 0.15) is 0 Å². The van der Waals surface area contributed by atoms with Crippen molar-refractivity contribution in [2.45, 2.75) is 0 Å². The van der Waals surface area contributed by atoms with Crippen LogP contribution in [0.5, 0.6) is 0 Å². The van der Waals surface area contributed by atoms with Gasteiger partial charge < -0.3 is 10.6 Å². The molecule has 0 bridgehead atoms. The molecule has 3 nitrogen and oxygen atoms in total. The lowest BCUT2D eigenvalue weighted by Crippen LogP contribution is -2.11. The molecule has 3 aromatic rings. The summed E-state index contributed by atoms with van der Waals surface area (Å²) >= 11 is 0. The zero-order valence-corrected chi connectivity index (χ0v) is 11.8. The van der Waals surface area contributed by atoms with E-state index in [1.54, 1.807) is 0 Å². The molecule has 0 saturated carbocycles. The monoisotopic (exact) mass is 276 g/mol. The largest absolute Gasteiger partial charge is 0.388 e. The van der Waals surface area contributed by atoms with Crippen molar-refractivity contribution >= 4 is 28.1 Å². The first kappa shape index (κ1) is 13.2. The number of benzene rings is 3. The summed E-state index contributed by atoms with van der Waals surface area (Å²) in [6, 6.07) is 21.4. The molecule has 0 aliphatic carbocycles. The first-order valence-electron chi connectivity index (χ1n) is 6.84. The lowest BCUT2D eigenvalue weighted by Gasteiger charge is -2.07. The number of carbonyl (C=O) groups excluding carboxylic acids is 1. The van der Waals surface area contributed by atoms with E-state index in [1.807, 2.05) is 67.7 Å². The summed E-state index contributed by atoms with van der Waals surface area (Å²) in [6.07, 6.45) is 0. The van der Waals surface area contributed by atoms with Gasteiger partial charge in [-0.05, 0) is 47.2 Å². The van der Waals surface area contributed by atoms with Gasteiger partial charge in [0.2, 0.25) is 0 Å². The number of carbonyl (C=O) groups is 1. The number of hydrogen-bond acceptors (Lipinski definition) is 2. The van der Waals surface area contributed by atoms with Gasteiger partial charge in [-0.15, -0.1) is 0 Å². The Morgan fingerprint density at radius 3 is 2.19 bits per heavy atom. The zero-order chi connectivity index (χ0) is 14.7. The molecule has 0 saturated heterocycles. The highest BCUT2D eigenvalue weighted by atomic mass is 16.1. The molecule has 0 atom stereocenters. The Kier molecular flexibility index (Phi) is 3.56. The molecule has 104 valence electrons. The molecule has 3 aromatic carbocycles. The number of amides is 1. The van der Waals surface area contributed by atoms with Crippen LogP contribution >= 0.6 is 0 Å². The van der Waals surface area contributed by atoms with E-state index in [2.05, 4.69) is 16.7 Å². The maximum atomic E-state index is 12.2. The van der Waals surface area contributed by atoms with Crippen LogP contribution in [0.4, 0.5) is 11.4 Å². The SMILES string of the molecule is CNc1ccc(C(=O)Nc2ccc3ccccc3c2)cc1. The summed E-state index contributed by atoms with van der Waals surface area (Å²) < 4.78 is 0. The second-order valence-corrected chi connectivity index (χ2v) is 4.84. The Hall–Kier alpha value is -2.81. The molecule has 2 N–H and O–H groups in total. The van der Waals surface area contributed by atoms with Crippen LogP contribution in [-0.2, 0) is 0 Å². The average Bonchev–Trinajstić information content (AvgIpc) is 2.55. The highest BCUT2D eigenvalue weighted by Gasteiger charge is 2.06. The minimum Gasteiger partial charge on any atom is -0.388 e. The topological polar surface area (TPSA) is 41.1 Å². The van der Waals surface area contributed by atoms with Gasteiger partial charge in [0.25, 0.3) is 5.91 Å². The molecule has 0 aromatic heterocycles. The third-order valence-corrected chi connectivity index (χ3v) is 3.44. The van der Waals surface area contributed by atoms with E-state index in [0.717, 1.165) is 22.1 Å². The fourth-order valence-electron chi connectivity index (χ4n) is 2.26. The normalized spacial score (nSPS) is 10.3. The number of rotatable bonds is 3. The Morgan fingerprint density at radius 2 is 1.48 bits per heavy atom. The molecule has 3 heteroatoms. The summed E-state index contributed by atoms with van der Waals surface area (Å²) in [6.45, 7) is 0. The van der Waals surface area contributed by atoms with E-state index < -0.39 is 0 Å². The van der Waals surface area contributed by atoms with E-state index in [1.165, 1.54) is 0 Å². The maximum absolute atomic E-state index is 12.2. The summed E-state index contributed by atoms with van der Waals surface area (Å²) in [7, 11) is 1.85. The quantitative estimate of drug-likeness (QED) is 0.755. The fraction of sp³-hybridized carbons (Fsp3) is 0.0556. The number of anilines is 2. The van der Waals surface area contributed by atoms with Crippen molar-refractivity contribution in [1.29, 1.82) is 0 Å². The molecule has 0 spiro atoms. The number of fused-ring (bicyclic) bond motifs is 1. The summed E-state index contributed by atoms with van der Waals surface area (Å²) in [4.78, 5) is 12.2. The third kappa shape index (κ3) is 2.87. The van der Waals surface area contributed by atoms with Crippen LogP contribution in [0.2, 0.25) is 0 Å². The third-order valence-electron chi connectivity index (χ3n) is 3.44. The van der Waals surface area contributed by atoms with Crippen molar-refractivity contribution in [1.82, 2.24) is 0 Å². The summed E-state index contributed by atoms with van der Waals surface area (Å²) in [5.74, 6) is -0.104. The average molecular weight is 276 g/mol. The first-order valence-corrected chi connectivity index (χ1v) is 6.84. The van der Waals surface area contributed by atoms with Gasteiger partial charge in [-0.25, -0.2) is 0 Å². The molecular formula is C18H16N2O. The Balaban J connectivity index is 1.81. The van der Waals surface area contributed by atoms with Crippen LogP contribution in [0.1, 0.15) is 10.4 Å². The van der Waals surface area contributed by atoms with Gasteiger partial charge in [-0.2, -0.15) is 0 Å². The number of hydrogen-bond donors (Lipinski definition) is 2. The molecule has 0 aliphatic rings. The predicted molar refractivity (Wildman–Crippen MR) is 87.9 cm³/mol.